The number of hydrogen-bond acceptors (Lipinski definition) is 3. The van der Waals surface area contributed by atoms with Gasteiger partial charge in [-0.05, 0) is 30.1 Å². The number of aromatic nitrogens is 3. The average molecular weight is 278 g/mol. The van der Waals surface area contributed by atoms with Crippen molar-refractivity contribution < 1.29 is 0 Å². The van der Waals surface area contributed by atoms with E-state index in [1.54, 1.807) is 0 Å². The Morgan fingerprint density at radius 3 is 2.57 bits per heavy atom. The normalized spacial score (nSPS) is 16.3. The van der Waals surface area contributed by atoms with Crippen LogP contribution in [0, 0.1) is 0 Å². The Labute approximate surface area is 124 Å². The lowest BCUT2D eigenvalue weighted by molar-refractivity contribution is 0.187. The van der Waals surface area contributed by atoms with Gasteiger partial charge in [0.2, 0.25) is 0 Å². The summed E-state index contributed by atoms with van der Waals surface area (Å²) in [5, 5.41) is 6.70. The van der Waals surface area contributed by atoms with E-state index in [9.17, 15) is 0 Å². The number of rotatable bonds is 2. The summed E-state index contributed by atoms with van der Waals surface area (Å²) in [6.45, 7) is 2.22. The van der Waals surface area contributed by atoms with Crippen LogP contribution in [0.15, 0.2) is 42.9 Å². The maximum absolute atomic E-state index is 4.63. The fourth-order valence-electron chi connectivity index (χ4n) is 3.02. The fourth-order valence-corrected chi connectivity index (χ4v) is 3.02. The number of nitrogens with zero attached hydrogens (tertiary/aromatic N) is 4. The quantitative estimate of drug-likeness (QED) is 0.722. The molecular formula is C17H18N4. The first kappa shape index (κ1) is 12.5. The first-order valence-corrected chi connectivity index (χ1v) is 7.26. The molecule has 0 aliphatic carbocycles. The lowest BCUT2D eigenvalue weighted by Gasteiger charge is -2.35. The predicted molar refractivity (Wildman–Crippen MR) is 84.2 cm³/mol. The van der Waals surface area contributed by atoms with E-state index >= 15 is 0 Å². The lowest BCUT2D eigenvalue weighted by atomic mass is 9.95. The van der Waals surface area contributed by atoms with E-state index in [0.29, 0.717) is 5.92 Å². The highest BCUT2D eigenvalue weighted by Crippen LogP contribution is 2.28. The van der Waals surface area contributed by atoms with Crippen LogP contribution in [0.1, 0.15) is 11.6 Å². The van der Waals surface area contributed by atoms with Crippen molar-refractivity contribution in [2.24, 2.45) is 7.05 Å². The zero-order chi connectivity index (χ0) is 14.4. The molecule has 106 valence electrons. The van der Waals surface area contributed by atoms with Crippen LogP contribution in [0.5, 0.6) is 0 Å². The van der Waals surface area contributed by atoms with Gasteiger partial charge in [0.15, 0.2) is 0 Å². The van der Waals surface area contributed by atoms with Crippen molar-refractivity contribution in [3.8, 4) is 11.1 Å². The number of likely N-dealkylation sites (tertiary alicyclic amines) is 1. The molecule has 0 amide bonds. The molecule has 0 saturated carbocycles. The molecule has 3 heterocycles. The van der Waals surface area contributed by atoms with Crippen molar-refractivity contribution in [2.75, 3.05) is 20.1 Å². The van der Waals surface area contributed by atoms with Crippen LogP contribution < -0.4 is 0 Å². The molecule has 0 N–H and O–H groups in total. The van der Waals surface area contributed by atoms with Crippen LogP contribution in [-0.4, -0.2) is 39.8 Å². The third-order valence-corrected chi connectivity index (χ3v) is 4.26. The predicted octanol–water partition coefficient (Wildman–Crippen LogP) is 2.66. The standard InChI is InChI=1S/C17H18N4/c1-20-9-16(10-20)17-6-14-5-12(3-4-13(14)7-18-17)15-8-19-21(2)11-15/h3-8,11,16H,9-10H2,1-2H3. The topological polar surface area (TPSA) is 34.0 Å². The Hall–Kier alpha value is -2.20. The molecule has 1 aliphatic heterocycles. The minimum absolute atomic E-state index is 0.585. The van der Waals surface area contributed by atoms with Crippen molar-refractivity contribution in [1.82, 2.24) is 19.7 Å². The largest absolute Gasteiger partial charge is 0.305 e. The zero-order valence-electron chi connectivity index (χ0n) is 12.3. The molecule has 0 spiro atoms. The molecule has 1 fully saturated rings. The van der Waals surface area contributed by atoms with Gasteiger partial charge in [-0.15, -0.1) is 0 Å². The third-order valence-electron chi connectivity index (χ3n) is 4.26. The van der Waals surface area contributed by atoms with Gasteiger partial charge in [-0.25, -0.2) is 0 Å². The first-order chi connectivity index (χ1) is 10.2. The molecule has 2 aromatic heterocycles. The van der Waals surface area contributed by atoms with Gasteiger partial charge < -0.3 is 4.90 Å². The molecule has 1 saturated heterocycles. The highest BCUT2D eigenvalue weighted by molar-refractivity contribution is 5.87. The molecule has 0 unspecified atom stereocenters. The third kappa shape index (κ3) is 2.21. The van der Waals surface area contributed by atoms with Crippen LogP contribution in [-0.2, 0) is 7.05 Å². The van der Waals surface area contributed by atoms with Crippen molar-refractivity contribution in [1.29, 1.82) is 0 Å². The van der Waals surface area contributed by atoms with Crippen molar-refractivity contribution in [3.05, 3.63) is 48.5 Å². The number of fused-ring (bicyclic) bond motifs is 1. The Balaban J connectivity index is 1.75. The van der Waals surface area contributed by atoms with E-state index in [2.05, 4.69) is 46.3 Å². The molecule has 4 nitrogen and oxygen atoms in total. The van der Waals surface area contributed by atoms with Gasteiger partial charge in [-0.1, -0.05) is 12.1 Å². The Morgan fingerprint density at radius 1 is 1.00 bits per heavy atom. The van der Waals surface area contributed by atoms with Crippen molar-refractivity contribution in [3.63, 3.8) is 0 Å². The minimum Gasteiger partial charge on any atom is -0.305 e. The van der Waals surface area contributed by atoms with Crippen LogP contribution in [0.2, 0.25) is 0 Å². The van der Waals surface area contributed by atoms with E-state index in [1.807, 2.05) is 30.3 Å². The minimum atomic E-state index is 0.585. The van der Waals surface area contributed by atoms with Gasteiger partial charge in [-0.2, -0.15) is 5.10 Å². The Kier molecular flexibility index (Phi) is 2.79. The van der Waals surface area contributed by atoms with E-state index < -0.39 is 0 Å². The van der Waals surface area contributed by atoms with Crippen molar-refractivity contribution in [2.45, 2.75) is 5.92 Å². The molecule has 0 bridgehead atoms. The van der Waals surface area contributed by atoms with E-state index in [0.717, 1.165) is 18.7 Å². The van der Waals surface area contributed by atoms with Gasteiger partial charge in [-0.3, -0.25) is 9.67 Å². The number of aryl methyl sites for hydroxylation is 1. The second kappa shape index (κ2) is 4.67. The molecule has 0 atom stereocenters. The molecule has 21 heavy (non-hydrogen) atoms. The second-order valence-electron chi connectivity index (χ2n) is 5.99. The summed E-state index contributed by atoms with van der Waals surface area (Å²) in [7, 11) is 4.09. The molecule has 0 radical (unpaired) electrons. The van der Waals surface area contributed by atoms with Gasteiger partial charge in [0.05, 0.1) is 6.20 Å². The number of benzene rings is 1. The molecule has 4 rings (SSSR count). The van der Waals surface area contributed by atoms with Crippen LogP contribution in [0.25, 0.3) is 21.9 Å². The number of hydrogen-bond donors (Lipinski definition) is 0. The summed E-state index contributed by atoms with van der Waals surface area (Å²) < 4.78 is 1.84. The Bertz CT molecular complexity index is 799. The molecular weight excluding hydrogens is 260 g/mol. The summed E-state index contributed by atoms with van der Waals surface area (Å²) in [6, 6.07) is 8.76. The fraction of sp³-hybridized carbons (Fsp3) is 0.294. The van der Waals surface area contributed by atoms with E-state index in [-0.39, 0.29) is 0 Å². The first-order valence-electron chi connectivity index (χ1n) is 7.26. The summed E-state index contributed by atoms with van der Waals surface area (Å²) in [6.07, 6.45) is 5.95. The summed E-state index contributed by atoms with van der Waals surface area (Å²) in [5.41, 5.74) is 3.57. The maximum atomic E-state index is 4.63. The average Bonchev–Trinajstić information content (AvgIpc) is 2.89. The van der Waals surface area contributed by atoms with E-state index in [1.165, 1.54) is 22.0 Å². The van der Waals surface area contributed by atoms with Crippen LogP contribution in [0.3, 0.4) is 0 Å². The van der Waals surface area contributed by atoms with E-state index in [4.69, 9.17) is 0 Å². The zero-order valence-corrected chi connectivity index (χ0v) is 12.3. The maximum Gasteiger partial charge on any atom is 0.0568 e. The number of pyridine rings is 1. The molecule has 3 aromatic rings. The molecule has 4 heteroatoms. The second-order valence-corrected chi connectivity index (χ2v) is 5.99. The van der Waals surface area contributed by atoms with Crippen LogP contribution >= 0.6 is 0 Å². The number of likely N-dealkylation sites (N-methyl/N-ethyl adjacent to an activating group) is 1. The highest BCUT2D eigenvalue weighted by atomic mass is 15.2. The summed E-state index contributed by atoms with van der Waals surface area (Å²) in [4.78, 5) is 6.95. The van der Waals surface area contributed by atoms with Crippen molar-refractivity contribution >= 4 is 10.8 Å². The Morgan fingerprint density at radius 2 is 1.86 bits per heavy atom. The summed E-state index contributed by atoms with van der Waals surface area (Å²) >= 11 is 0. The van der Waals surface area contributed by atoms with Gasteiger partial charge in [0.1, 0.15) is 0 Å². The highest BCUT2D eigenvalue weighted by Gasteiger charge is 2.25. The van der Waals surface area contributed by atoms with Gasteiger partial charge in [0, 0.05) is 55.1 Å². The summed E-state index contributed by atoms with van der Waals surface area (Å²) in [5.74, 6) is 0.585. The van der Waals surface area contributed by atoms with Gasteiger partial charge >= 0.3 is 0 Å². The monoisotopic (exact) mass is 278 g/mol. The smallest absolute Gasteiger partial charge is 0.0568 e. The molecule has 1 aromatic carbocycles. The SMILES string of the molecule is CN1CC(c2cc3cc(-c4cnn(C)c4)ccc3cn2)C1. The lowest BCUT2D eigenvalue weighted by Crippen LogP contribution is -2.42. The molecule has 1 aliphatic rings. The van der Waals surface area contributed by atoms with Gasteiger partial charge in [0.25, 0.3) is 0 Å². The van der Waals surface area contributed by atoms with Crippen LogP contribution in [0.4, 0.5) is 0 Å².